The lowest BCUT2D eigenvalue weighted by atomic mass is 10.1. The van der Waals surface area contributed by atoms with Gasteiger partial charge in [0.05, 0.1) is 0 Å². The van der Waals surface area contributed by atoms with E-state index in [-0.39, 0.29) is 6.10 Å². The number of aryl methyl sites for hydroxylation is 1. The van der Waals surface area contributed by atoms with Crippen LogP contribution in [-0.4, -0.2) is 6.10 Å². The maximum absolute atomic E-state index is 5.87. The third-order valence-electron chi connectivity index (χ3n) is 3.47. The van der Waals surface area contributed by atoms with E-state index in [2.05, 4.69) is 54.6 Å². The van der Waals surface area contributed by atoms with Crippen molar-refractivity contribution in [3.8, 4) is 5.75 Å². The van der Waals surface area contributed by atoms with Crippen molar-refractivity contribution in [3.05, 3.63) is 77.9 Å². The van der Waals surface area contributed by atoms with Crippen LogP contribution in [0.4, 0.5) is 0 Å². The molecule has 96 valence electrons. The highest BCUT2D eigenvalue weighted by molar-refractivity contribution is 5.38. The van der Waals surface area contributed by atoms with Crippen molar-refractivity contribution >= 4 is 0 Å². The summed E-state index contributed by atoms with van der Waals surface area (Å²) in [6.07, 6.45) is 7.81. The molecule has 2 aromatic carbocycles. The lowest BCUT2D eigenvalue weighted by molar-refractivity contribution is 0.283. The van der Waals surface area contributed by atoms with E-state index < -0.39 is 0 Å². The van der Waals surface area contributed by atoms with Gasteiger partial charge < -0.3 is 4.74 Å². The molecule has 0 N–H and O–H groups in total. The van der Waals surface area contributed by atoms with Gasteiger partial charge in [0.2, 0.25) is 0 Å². The third kappa shape index (κ3) is 3.05. The molecule has 1 atom stereocenters. The van der Waals surface area contributed by atoms with Crippen LogP contribution in [0.3, 0.4) is 0 Å². The van der Waals surface area contributed by atoms with Crippen LogP contribution in [0.1, 0.15) is 17.5 Å². The van der Waals surface area contributed by atoms with Crippen LogP contribution in [-0.2, 0) is 12.8 Å². The van der Waals surface area contributed by atoms with Crippen molar-refractivity contribution < 1.29 is 4.74 Å². The van der Waals surface area contributed by atoms with Crippen molar-refractivity contribution in [2.45, 2.75) is 25.4 Å². The highest BCUT2D eigenvalue weighted by atomic mass is 16.5. The standard InChI is InChI=1S/C18H18O/c1-2-8-15(9-3-1)10-4-6-12-17-14-16-11-5-7-13-18(16)19-17/h1-3,5-9,11-13,17H,4,10,14H2/b12-6+/t17-/m1/s1. The van der Waals surface area contributed by atoms with E-state index >= 15 is 0 Å². The second-order valence-corrected chi connectivity index (χ2v) is 4.92. The zero-order valence-electron chi connectivity index (χ0n) is 11.0. The number of hydrogen-bond acceptors (Lipinski definition) is 1. The number of allylic oxidation sites excluding steroid dienone is 1. The molecule has 0 unspecified atom stereocenters. The van der Waals surface area contributed by atoms with E-state index in [9.17, 15) is 0 Å². The third-order valence-corrected chi connectivity index (χ3v) is 3.47. The van der Waals surface area contributed by atoms with Gasteiger partial charge in [-0.15, -0.1) is 0 Å². The smallest absolute Gasteiger partial charge is 0.123 e. The van der Waals surface area contributed by atoms with Gasteiger partial charge in [-0.25, -0.2) is 0 Å². The number of hydrogen-bond donors (Lipinski definition) is 0. The summed E-state index contributed by atoms with van der Waals surface area (Å²) in [6, 6.07) is 18.9. The Balaban J connectivity index is 1.50. The normalized spacial score (nSPS) is 17.4. The molecule has 1 aliphatic heterocycles. The molecule has 0 spiro atoms. The summed E-state index contributed by atoms with van der Waals surface area (Å²) in [6.45, 7) is 0. The van der Waals surface area contributed by atoms with E-state index in [0.717, 1.165) is 25.0 Å². The number of benzene rings is 2. The molecule has 1 heteroatoms. The maximum Gasteiger partial charge on any atom is 0.123 e. The van der Waals surface area contributed by atoms with Crippen molar-refractivity contribution in [2.75, 3.05) is 0 Å². The van der Waals surface area contributed by atoms with Crippen molar-refractivity contribution in [1.82, 2.24) is 0 Å². The quantitative estimate of drug-likeness (QED) is 0.740. The van der Waals surface area contributed by atoms with Crippen molar-refractivity contribution in [2.24, 2.45) is 0 Å². The summed E-state index contributed by atoms with van der Waals surface area (Å²) in [5.74, 6) is 1.04. The summed E-state index contributed by atoms with van der Waals surface area (Å²) in [4.78, 5) is 0. The molecule has 1 aliphatic rings. The van der Waals surface area contributed by atoms with Crippen LogP contribution in [0.2, 0.25) is 0 Å². The average Bonchev–Trinajstić information content (AvgIpc) is 2.87. The van der Waals surface area contributed by atoms with Crippen LogP contribution in [0.15, 0.2) is 66.7 Å². The molecule has 3 rings (SSSR count). The molecule has 0 radical (unpaired) electrons. The highest BCUT2D eigenvalue weighted by Gasteiger charge is 2.19. The minimum absolute atomic E-state index is 0.216. The lowest BCUT2D eigenvalue weighted by Crippen LogP contribution is -2.08. The molecule has 0 aliphatic carbocycles. The minimum Gasteiger partial charge on any atom is -0.486 e. The first-order valence-corrected chi connectivity index (χ1v) is 6.87. The topological polar surface area (TPSA) is 9.23 Å². The maximum atomic E-state index is 5.87. The SMILES string of the molecule is C(=C\[C@@H]1Cc2ccccc2O1)/CCc1ccccc1. The predicted octanol–water partition coefficient (Wildman–Crippen LogP) is 4.18. The summed E-state index contributed by atoms with van der Waals surface area (Å²) in [7, 11) is 0. The molecule has 0 fully saturated rings. The van der Waals surface area contributed by atoms with E-state index in [1.54, 1.807) is 0 Å². The van der Waals surface area contributed by atoms with E-state index in [0.29, 0.717) is 0 Å². The molecule has 1 nitrogen and oxygen atoms in total. The molecule has 0 aromatic heterocycles. The second-order valence-electron chi connectivity index (χ2n) is 4.92. The molecular weight excluding hydrogens is 232 g/mol. The lowest BCUT2D eigenvalue weighted by Gasteiger charge is -2.04. The van der Waals surface area contributed by atoms with Crippen molar-refractivity contribution in [3.63, 3.8) is 0 Å². The minimum atomic E-state index is 0.216. The fraction of sp³-hybridized carbons (Fsp3) is 0.222. The number of para-hydroxylation sites is 1. The molecule has 0 saturated heterocycles. The number of rotatable bonds is 4. The van der Waals surface area contributed by atoms with Crippen LogP contribution in [0.5, 0.6) is 5.75 Å². The summed E-state index contributed by atoms with van der Waals surface area (Å²) in [5.41, 5.74) is 2.71. The average molecular weight is 250 g/mol. The number of fused-ring (bicyclic) bond motifs is 1. The molecule has 0 saturated carbocycles. The first-order chi connectivity index (χ1) is 9.42. The van der Waals surface area contributed by atoms with Gasteiger partial charge in [-0.05, 0) is 36.1 Å². The van der Waals surface area contributed by atoms with Gasteiger partial charge in [0, 0.05) is 6.42 Å². The molecule has 19 heavy (non-hydrogen) atoms. The Morgan fingerprint density at radius 2 is 1.79 bits per heavy atom. The first-order valence-electron chi connectivity index (χ1n) is 6.87. The van der Waals surface area contributed by atoms with Gasteiger partial charge in [-0.3, -0.25) is 0 Å². The highest BCUT2D eigenvalue weighted by Crippen LogP contribution is 2.28. The van der Waals surface area contributed by atoms with Gasteiger partial charge in [-0.1, -0.05) is 54.6 Å². The number of ether oxygens (including phenoxy) is 1. The monoisotopic (exact) mass is 250 g/mol. The molecule has 2 aromatic rings. The van der Waals surface area contributed by atoms with Crippen LogP contribution in [0.25, 0.3) is 0 Å². The summed E-state index contributed by atoms with van der Waals surface area (Å²) in [5, 5.41) is 0. The summed E-state index contributed by atoms with van der Waals surface area (Å²) >= 11 is 0. The zero-order valence-corrected chi connectivity index (χ0v) is 11.0. The van der Waals surface area contributed by atoms with Gasteiger partial charge in [-0.2, -0.15) is 0 Å². The predicted molar refractivity (Wildman–Crippen MR) is 78.5 cm³/mol. The Morgan fingerprint density at radius 1 is 1.00 bits per heavy atom. The molecule has 1 heterocycles. The first kappa shape index (κ1) is 12.0. The fourth-order valence-corrected chi connectivity index (χ4v) is 2.46. The largest absolute Gasteiger partial charge is 0.486 e. The zero-order chi connectivity index (χ0) is 12.9. The van der Waals surface area contributed by atoms with Gasteiger partial charge in [0.25, 0.3) is 0 Å². The summed E-state index contributed by atoms with van der Waals surface area (Å²) < 4.78 is 5.87. The molecule has 0 bridgehead atoms. The Morgan fingerprint density at radius 3 is 2.63 bits per heavy atom. The Labute approximate surface area is 114 Å². The van der Waals surface area contributed by atoms with Crippen LogP contribution in [0, 0.1) is 0 Å². The van der Waals surface area contributed by atoms with Gasteiger partial charge in [0.15, 0.2) is 0 Å². The fourth-order valence-electron chi connectivity index (χ4n) is 2.46. The van der Waals surface area contributed by atoms with E-state index in [1.807, 2.05) is 12.1 Å². The Hall–Kier alpha value is -2.02. The van der Waals surface area contributed by atoms with Gasteiger partial charge >= 0.3 is 0 Å². The Bertz CT molecular complexity index is 532. The van der Waals surface area contributed by atoms with Gasteiger partial charge in [0.1, 0.15) is 11.9 Å². The molecular formula is C18H18O. The van der Waals surface area contributed by atoms with Crippen molar-refractivity contribution in [1.29, 1.82) is 0 Å². The van der Waals surface area contributed by atoms with Crippen LogP contribution < -0.4 is 4.74 Å². The second kappa shape index (κ2) is 5.75. The van der Waals surface area contributed by atoms with E-state index in [1.165, 1.54) is 11.1 Å². The molecule has 0 amide bonds. The van der Waals surface area contributed by atoms with E-state index in [4.69, 9.17) is 4.74 Å². The van der Waals surface area contributed by atoms with Crippen LogP contribution >= 0.6 is 0 Å². The Kier molecular flexibility index (Phi) is 3.64.